The highest BCUT2D eigenvalue weighted by Crippen LogP contribution is 2.45. The molecular formula is C21H21FN4O3. The highest BCUT2D eigenvalue weighted by molar-refractivity contribution is 6.03. The van der Waals surface area contributed by atoms with Crippen LogP contribution in [0.3, 0.4) is 0 Å². The minimum Gasteiger partial charge on any atom is -0.486 e. The van der Waals surface area contributed by atoms with Crippen molar-refractivity contribution in [2.24, 2.45) is 5.73 Å². The number of rotatable bonds is 6. The third-order valence-corrected chi connectivity index (χ3v) is 4.73. The molecule has 8 heteroatoms. The molecule has 0 aliphatic carbocycles. The maximum Gasteiger partial charge on any atom is 0.255 e. The number of ether oxygens (including phenoxy) is 1. The van der Waals surface area contributed by atoms with E-state index in [2.05, 4.69) is 10.6 Å². The van der Waals surface area contributed by atoms with Gasteiger partial charge in [-0.1, -0.05) is 30.3 Å². The highest BCUT2D eigenvalue weighted by atomic mass is 19.1. The van der Waals surface area contributed by atoms with Gasteiger partial charge in [0.1, 0.15) is 18.5 Å². The van der Waals surface area contributed by atoms with Crippen LogP contribution in [-0.4, -0.2) is 37.9 Å². The van der Waals surface area contributed by atoms with E-state index in [-0.39, 0.29) is 22.6 Å². The van der Waals surface area contributed by atoms with E-state index < -0.39 is 30.5 Å². The molecule has 2 aromatic rings. The van der Waals surface area contributed by atoms with Crippen LogP contribution < -0.4 is 21.1 Å². The van der Waals surface area contributed by atoms with Gasteiger partial charge in [-0.25, -0.2) is 4.39 Å². The molecule has 0 spiro atoms. The molecule has 5 N–H and O–H groups in total. The van der Waals surface area contributed by atoms with Gasteiger partial charge in [0.25, 0.3) is 11.8 Å². The SMILES string of the molecule is CNC(=O)c1cc(C(=O)N/C(C=N)=C/N)cc2c1O[C@@H](CF)C2c1ccccc1. The lowest BCUT2D eigenvalue weighted by molar-refractivity contribution is 0.0955. The molecule has 1 unspecified atom stereocenters. The molecule has 2 aromatic carbocycles. The fourth-order valence-electron chi connectivity index (χ4n) is 3.37. The minimum absolute atomic E-state index is 0.106. The van der Waals surface area contributed by atoms with Crippen LogP contribution in [0.15, 0.2) is 54.4 Å². The van der Waals surface area contributed by atoms with Gasteiger partial charge in [0, 0.05) is 30.6 Å². The first-order valence-corrected chi connectivity index (χ1v) is 8.95. The van der Waals surface area contributed by atoms with Crippen molar-refractivity contribution in [3.05, 3.63) is 76.6 Å². The second-order valence-electron chi connectivity index (χ2n) is 6.44. The Balaban J connectivity index is 2.15. The third kappa shape index (κ3) is 3.82. The number of allylic oxidation sites excluding steroid dienone is 1. The van der Waals surface area contributed by atoms with Crippen LogP contribution in [0.4, 0.5) is 4.39 Å². The fourth-order valence-corrected chi connectivity index (χ4v) is 3.37. The molecule has 0 saturated carbocycles. The van der Waals surface area contributed by atoms with E-state index in [0.29, 0.717) is 5.56 Å². The van der Waals surface area contributed by atoms with Gasteiger partial charge in [-0.2, -0.15) is 0 Å². The van der Waals surface area contributed by atoms with Crippen molar-refractivity contribution in [1.82, 2.24) is 10.6 Å². The van der Waals surface area contributed by atoms with Gasteiger partial charge in [-0.05, 0) is 17.7 Å². The largest absolute Gasteiger partial charge is 0.486 e. The lowest BCUT2D eigenvalue weighted by Gasteiger charge is -2.16. The molecule has 0 aromatic heterocycles. The van der Waals surface area contributed by atoms with Crippen LogP contribution in [-0.2, 0) is 0 Å². The van der Waals surface area contributed by atoms with E-state index in [1.165, 1.54) is 13.1 Å². The van der Waals surface area contributed by atoms with Crippen LogP contribution in [0.25, 0.3) is 0 Å². The van der Waals surface area contributed by atoms with Gasteiger partial charge in [0.05, 0.1) is 17.2 Å². The van der Waals surface area contributed by atoms with Gasteiger partial charge in [0.2, 0.25) is 0 Å². The Bertz CT molecular complexity index is 975. The molecule has 1 aliphatic rings. The van der Waals surface area contributed by atoms with Crippen LogP contribution in [0.2, 0.25) is 0 Å². The quantitative estimate of drug-likeness (QED) is 0.559. The van der Waals surface area contributed by atoms with Gasteiger partial charge >= 0.3 is 0 Å². The monoisotopic (exact) mass is 396 g/mol. The van der Waals surface area contributed by atoms with E-state index >= 15 is 0 Å². The molecule has 0 saturated heterocycles. The molecule has 1 heterocycles. The molecule has 1 aliphatic heterocycles. The molecular weight excluding hydrogens is 375 g/mol. The Hall–Kier alpha value is -3.68. The van der Waals surface area contributed by atoms with Crippen LogP contribution in [0.5, 0.6) is 5.75 Å². The molecule has 7 nitrogen and oxygen atoms in total. The molecule has 2 amide bonds. The first-order valence-electron chi connectivity index (χ1n) is 8.95. The van der Waals surface area contributed by atoms with Crippen molar-refractivity contribution in [1.29, 1.82) is 5.41 Å². The van der Waals surface area contributed by atoms with Crippen molar-refractivity contribution >= 4 is 18.0 Å². The lowest BCUT2D eigenvalue weighted by atomic mass is 9.86. The molecule has 0 radical (unpaired) electrons. The van der Waals surface area contributed by atoms with Gasteiger partial charge < -0.3 is 26.5 Å². The summed E-state index contributed by atoms with van der Waals surface area (Å²) in [6.07, 6.45) is 1.18. The van der Waals surface area contributed by atoms with Crippen molar-refractivity contribution < 1.29 is 18.7 Å². The van der Waals surface area contributed by atoms with Gasteiger partial charge in [0.15, 0.2) is 0 Å². The second kappa shape index (κ2) is 8.55. The summed E-state index contributed by atoms with van der Waals surface area (Å²) in [6, 6.07) is 12.2. The average Bonchev–Trinajstić information content (AvgIpc) is 3.15. The predicted octanol–water partition coefficient (Wildman–Crippen LogP) is 2.09. The standard InChI is InChI=1S/C21H21FN4O3/c1-25-21(28)16-8-13(20(27)26-14(10-23)11-24)7-15-18(12-5-3-2-4-6-12)17(9-22)29-19(15)16/h2-8,10-11,17-18,23H,9,24H2,1H3,(H,25,28)(H,26,27)/b14-11+,23-10?/t17-,18?/m0/s1. The van der Waals surface area contributed by atoms with Crippen molar-refractivity contribution in [2.45, 2.75) is 12.0 Å². The number of carbonyl (C=O) groups is 2. The number of hydrogen-bond acceptors (Lipinski definition) is 5. The molecule has 150 valence electrons. The maximum atomic E-state index is 13.8. The van der Waals surface area contributed by atoms with E-state index in [0.717, 1.165) is 18.0 Å². The number of halogens is 1. The summed E-state index contributed by atoms with van der Waals surface area (Å²) in [7, 11) is 1.46. The Morgan fingerprint density at radius 1 is 1.24 bits per heavy atom. The molecule has 0 fully saturated rings. The predicted molar refractivity (Wildman–Crippen MR) is 107 cm³/mol. The fraction of sp³-hybridized carbons (Fsp3) is 0.190. The van der Waals surface area contributed by atoms with Gasteiger partial charge in [-0.15, -0.1) is 0 Å². The van der Waals surface area contributed by atoms with Crippen LogP contribution >= 0.6 is 0 Å². The zero-order valence-electron chi connectivity index (χ0n) is 15.7. The van der Waals surface area contributed by atoms with Crippen LogP contribution in [0, 0.1) is 5.41 Å². The smallest absolute Gasteiger partial charge is 0.255 e. The number of nitrogens with two attached hydrogens (primary N) is 1. The summed E-state index contributed by atoms with van der Waals surface area (Å²) in [5.74, 6) is -1.21. The number of alkyl halides is 1. The number of amides is 2. The number of hydrogen-bond donors (Lipinski definition) is 4. The molecule has 3 rings (SSSR count). The van der Waals surface area contributed by atoms with Crippen molar-refractivity contribution in [3.63, 3.8) is 0 Å². The Morgan fingerprint density at radius 2 is 1.97 bits per heavy atom. The number of nitrogens with one attached hydrogen (secondary N) is 3. The summed E-state index contributed by atoms with van der Waals surface area (Å²) in [5.41, 5.74) is 7.17. The Kier molecular flexibility index (Phi) is 5.92. The number of carbonyl (C=O) groups excluding carboxylic acids is 2. The topological polar surface area (TPSA) is 117 Å². The maximum absolute atomic E-state index is 13.8. The van der Waals surface area contributed by atoms with Crippen molar-refractivity contribution in [3.8, 4) is 5.75 Å². The van der Waals surface area contributed by atoms with Crippen LogP contribution in [0.1, 0.15) is 37.8 Å². The average molecular weight is 396 g/mol. The molecule has 29 heavy (non-hydrogen) atoms. The first kappa shape index (κ1) is 20.1. The normalized spacial score (nSPS) is 17.8. The third-order valence-electron chi connectivity index (χ3n) is 4.73. The zero-order chi connectivity index (χ0) is 21.0. The van der Waals surface area contributed by atoms with Gasteiger partial charge in [-0.3, -0.25) is 9.59 Å². The zero-order valence-corrected chi connectivity index (χ0v) is 15.7. The summed E-state index contributed by atoms with van der Waals surface area (Å²) in [4.78, 5) is 25.1. The lowest BCUT2D eigenvalue weighted by Crippen LogP contribution is -2.25. The van der Waals surface area contributed by atoms with E-state index in [1.54, 1.807) is 6.07 Å². The summed E-state index contributed by atoms with van der Waals surface area (Å²) in [5, 5.41) is 12.3. The van der Waals surface area contributed by atoms with E-state index in [4.69, 9.17) is 15.9 Å². The van der Waals surface area contributed by atoms with Crippen molar-refractivity contribution in [2.75, 3.05) is 13.7 Å². The first-order chi connectivity index (χ1) is 14.0. The Labute approximate surface area is 167 Å². The second-order valence-corrected chi connectivity index (χ2v) is 6.44. The summed E-state index contributed by atoms with van der Waals surface area (Å²) < 4.78 is 19.6. The minimum atomic E-state index is -0.810. The number of benzene rings is 2. The van der Waals surface area contributed by atoms with E-state index in [1.807, 2.05) is 30.3 Å². The highest BCUT2D eigenvalue weighted by Gasteiger charge is 2.39. The summed E-state index contributed by atoms with van der Waals surface area (Å²) in [6.45, 7) is -0.753. The Morgan fingerprint density at radius 3 is 2.55 bits per heavy atom. The van der Waals surface area contributed by atoms with E-state index in [9.17, 15) is 14.0 Å². The summed E-state index contributed by atoms with van der Waals surface area (Å²) >= 11 is 0. The number of fused-ring (bicyclic) bond motifs is 1. The molecule has 0 bridgehead atoms. The molecule has 2 atom stereocenters.